The number of alkyl halides is 3. The van der Waals surface area contributed by atoms with Gasteiger partial charge in [-0.15, -0.1) is 0 Å². The molecular formula is C16H16F3N3O2. The van der Waals surface area contributed by atoms with Gasteiger partial charge in [0.2, 0.25) is 0 Å². The molecule has 0 bridgehead atoms. The smallest absolute Gasteiger partial charge is 0.387 e. The first-order valence-corrected chi connectivity index (χ1v) is 7.54. The minimum atomic E-state index is -4.57. The van der Waals surface area contributed by atoms with Crippen LogP contribution in [-0.4, -0.2) is 27.8 Å². The number of nitrogens with zero attached hydrogens (tertiary/aromatic N) is 1. The summed E-state index contributed by atoms with van der Waals surface area (Å²) in [6, 6.07) is 6.38. The zero-order chi connectivity index (χ0) is 17.3. The van der Waals surface area contributed by atoms with Crippen molar-refractivity contribution in [2.75, 3.05) is 6.54 Å². The van der Waals surface area contributed by atoms with Gasteiger partial charge in [0.15, 0.2) is 0 Å². The van der Waals surface area contributed by atoms with Crippen LogP contribution in [0.5, 0.6) is 0 Å². The molecule has 3 N–H and O–H groups in total. The molecule has 0 radical (unpaired) electrons. The number of benzene rings is 1. The van der Waals surface area contributed by atoms with E-state index in [-0.39, 0.29) is 17.8 Å². The number of hydrogen-bond donors (Lipinski definition) is 3. The Kier molecular flexibility index (Phi) is 4.31. The number of halogens is 3. The highest BCUT2D eigenvalue weighted by Gasteiger charge is 2.34. The number of carbonyl (C=O) groups excluding carboxylic acids is 1. The average molecular weight is 339 g/mol. The lowest BCUT2D eigenvalue weighted by Gasteiger charge is -2.17. The molecule has 0 aliphatic heterocycles. The maximum absolute atomic E-state index is 12.9. The summed E-state index contributed by atoms with van der Waals surface area (Å²) < 4.78 is 38.8. The lowest BCUT2D eigenvalue weighted by Crippen LogP contribution is -2.29. The number of carbonyl (C=O) groups is 1. The standard InChI is InChI=1S/C16H16F3N3O2/c17-16(18,19)11-4-2-1-3-10(11)14(23)8-20-15(24)13-7-12(21-22-13)9-5-6-9/h1-4,7,9,14,23H,5-6,8H2,(H,20,24)(H,21,22). The van der Waals surface area contributed by atoms with Crippen LogP contribution in [0.3, 0.4) is 0 Å². The summed E-state index contributed by atoms with van der Waals surface area (Å²) in [6.07, 6.45) is -3.93. The Balaban J connectivity index is 1.64. The molecule has 0 saturated heterocycles. The van der Waals surface area contributed by atoms with E-state index in [2.05, 4.69) is 15.5 Å². The Labute approximate surface area is 135 Å². The molecule has 128 valence electrons. The molecule has 1 amide bonds. The molecule has 5 nitrogen and oxygen atoms in total. The largest absolute Gasteiger partial charge is 0.416 e. The predicted molar refractivity (Wildman–Crippen MR) is 79.3 cm³/mol. The molecule has 1 atom stereocenters. The van der Waals surface area contributed by atoms with E-state index in [1.165, 1.54) is 18.2 Å². The molecule has 3 rings (SSSR count). The summed E-state index contributed by atoms with van der Waals surface area (Å²) >= 11 is 0. The van der Waals surface area contributed by atoms with Crippen LogP contribution >= 0.6 is 0 Å². The third kappa shape index (κ3) is 3.59. The summed E-state index contributed by atoms with van der Waals surface area (Å²) in [7, 11) is 0. The molecule has 1 aliphatic rings. The zero-order valence-corrected chi connectivity index (χ0v) is 12.6. The maximum Gasteiger partial charge on any atom is 0.416 e. The molecule has 1 heterocycles. The van der Waals surface area contributed by atoms with Crippen LogP contribution in [0.25, 0.3) is 0 Å². The lowest BCUT2D eigenvalue weighted by atomic mass is 10.0. The van der Waals surface area contributed by atoms with E-state index >= 15 is 0 Å². The van der Waals surface area contributed by atoms with Crippen LogP contribution in [0.1, 0.15) is 52.2 Å². The van der Waals surface area contributed by atoms with E-state index in [0.29, 0.717) is 5.92 Å². The molecular weight excluding hydrogens is 323 g/mol. The van der Waals surface area contributed by atoms with Crippen LogP contribution in [0.15, 0.2) is 30.3 Å². The van der Waals surface area contributed by atoms with E-state index in [0.717, 1.165) is 24.6 Å². The quantitative estimate of drug-likeness (QED) is 0.784. The van der Waals surface area contributed by atoms with Gasteiger partial charge in [-0.25, -0.2) is 0 Å². The van der Waals surface area contributed by atoms with Crippen molar-refractivity contribution in [3.05, 3.63) is 52.8 Å². The normalized spacial score (nSPS) is 16.0. The number of H-pyrrole nitrogens is 1. The highest BCUT2D eigenvalue weighted by atomic mass is 19.4. The number of rotatable bonds is 5. The van der Waals surface area contributed by atoms with Crippen LogP contribution < -0.4 is 5.32 Å². The number of aromatic amines is 1. The van der Waals surface area contributed by atoms with Crippen molar-refractivity contribution in [3.63, 3.8) is 0 Å². The summed E-state index contributed by atoms with van der Waals surface area (Å²) in [5.41, 5.74) is -0.148. The van der Waals surface area contributed by atoms with Gasteiger partial charge in [-0.2, -0.15) is 18.3 Å². The molecule has 1 aliphatic carbocycles. The monoisotopic (exact) mass is 339 g/mol. The third-order valence-corrected chi connectivity index (χ3v) is 3.93. The lowest BCUT2D eigenvalue weighted by molar-refractivity contribution is -0.139. The molecule has 1 unspecified atom stereocenters. The molecule has 0 spiro atoms. The Bertz CT molecular complexity index is 738. The number of aromatic nitrogens is 2. The number of aliphatic hydroxyl groups excluding tert-OH is 1. The Hall–Kier alpha value is -2.35. The molecule has 1 aromatic carbocycles. The Morgan fingerprint density at radius 1 is 1.38 bits per heavy atom. The van der Waals surface area contributed by atoms with Crippen molar-refractivity contribution in [1.29, 1.82) is 0 Å². The summed E-state index contributed by atoms with van der Waals surface area (Å²) in [4.78, 5) is 12.0. The third-order valence-electron chi connectivity index (χ3n) is 3.93. The fraction of sp³-hybridized carbons (Fsp3) is 0.375. The van der Waals surface area contributed by atoms with Gasteiger partial charge in [0.1, 0.15) is 5.69 Å². The van der Waals surface area contributed by atoms with Crippen LogP contribution in [0, 0.1) is 0 Å². The van der Waals surface area contributed by atoms with Crippen molar-refractivity contribution in [3.8, 4) is 0 Å². The summed E-state index contributed by atoms with van der Waals surface area (Å²) in [5.74, 6) is -0.134. The van der Waals surface area contributed by atoms with E-state index in [4.69, 9.17) is 0 Å². The van der Waals surface area contributed by atoms with Gasteiger partial charge in [0.05, 0.1) is 11.7 Å². The SMILES string of the molecule is O=C(NCC(O)c1ccccc1C(F)(F)F)c1cc(C2CC2)[nH]n1. The highest BCUT2D eigenvalue weighted by Crippen LogP contribution is 2.39. The highest BCUT2D eigenvalue weighted by molar-refractivity contribution is 5.92. The summed E-state index contributed by atoms with van der Waals surface area (Å²) in [6.45, 7) is -0.336. The second-order valence-electron chi connectivity index (χ2n) is 5.79. The number of aliphatic hydroxyl groups is 1. The first-order chi connectivity index (χ1) is 11.4. The first-order valence-electron chi connectivity index (χ1n) is 7.54. The van der Waals surface area contributed by atoms with Crippen molar-refractivity contribution in [2.45, 2.75) is 31.0 Å². The first kappa shape index (κ1) is 16.5. The maximum atomic E-state index is 12.9. The number of nitrogens with one attached hydrogen (secondary N) is 2. The van der Waals surface area contributed by atoms with E-state index in [9.17, 15) is 23.1 Å². The van der Waals surface area contributed by atoms with Gasteiger partial charge in [0.25, 0.3) is 5.91 Å². The van der Waals surface area contributed by atoms with Crippen LogP contribution in [0.4, 0.5) is 13.2 Å². The van der Waals surface area contributed by atoms with E-state index < -0.39 is 23.8 Å². The van der Waals surface area contributed by atoms with Crippen molar-refractivity contribution < 1.29 is 23.1 Å². The topological polar surface area (TPSA) is 78.0 Å². The van der Waals surface area contributed by atoms with Crippen LogP contribution in [-0.2, 0) is 6.18 Å². The summed E-state index contributed by atoms with van der Waals surface area (Å²) in [5, 5.41) is 19.1. The minimum absolute atomic E-state index is 0.160. The molecule has 1 aromatic heterocycles. The molecule has 2 aromatic rings. The fourth-order valence-corrected chi connectivity index (χ4v) is 2.49. The van der Waals surface area contributed by atoms with Crippen molar-refractivity contribution in [1.82, 2.24) is 15.5 Å². The van der Waals surface area contributed by atoms with E-state index in [1.54, 1.807) is 6.07 Å². The molecule has 1 fully saturated rings. The van der Waals surface area contributed by atoms with Gasteiger partial charge in [0, 0.05) is 18.2 Å². The zero-order valence-electron chi connectivity index (χ0n) is 12.6. The van der Waals surface area contributed by atoms with Gasteiger partial charge in [-0.05, 0) is 30.5 Å². The van der Waals surface area contributed by atoms with Gasteiger partial charge in [-0.1, -0.05) is 18.2 Å². The van der Waals surface area contributed by atoms with Gasteiger partial charge >= 0.3 is 6.18 Å². The van der Waals surface area contributed by atoms with Crippen molar-refractivity contribution >= 4 is 5.91 Å². The second-order valence-corrected chi connectivity index (χ2v) is 5.79. The minimum Gasteiger partial charge on any atom is -0.387 e. The Morgan fingerprint density at radius 2 is 2.08 bits per heavy atom. The predicted octanol–water partition coefficient (Wildman–Crippen LogP) is 2.77. The molecule has 8 heteroatoms. The molecule has 1 saturated carbocycles. The van der Waals surface area contributed by atoms with Crippen LogP contribution in [0.2, 0.25) is 0 Å². The van der Waals surface area contributed by atoms with E-state index in [1.807, 2.05) is 0 Å². The number of amides is 1. The number of hydrogen-bond acceptors (Lipinski definition) is 3. The van der Waals surface area contributed by atoms with Crippen molar-refractivity contribution in [2.24, 2.45) is 0 Å². The molecule has 24 heavy (non-hydrogen) atoms. The Morgan fingerprint density at radius 3 is 2.75 bits per heavy atom. The van der Waals surface area contributed by atoms with Gasteiger partial charge in [-0.3, -0.25) is 9.89 Å². The van der Waals surface area contributed by atoms with Gasteiger partial charge < -0.3 is 10.4 Å². The second kappa shape index (κ2) is 6.27. The fourth-order valence-electron chi connectivity index (χ4n) is 2.49. The average Bonchev–Trinajstić information content (AvgIpc) is 3.28.